The second kappa shape index (κ2) is 4.28. The zero-order valence-electron chi connectivity index (χ0n) is 6.52. The summed E-state index contributed by atoms with van der Waals surface area (Å²) in [6.45, 7) is 3.25. The van der Waals surface area contributed by atoms with E-state index >= 15 is 0 Å². The van der Waals surface area contributed by atoms with Gasteiger partial charge in [-0.15, -0.1) is 0 Å². The lowest BCUT2D eigenvalue weighted by molar-refractivity contribution is -0.338. The lowest BCUT2D eigenvalue weighted by atomic mass is 10.1. The van der Waals surface area contributed by atoms with E-state index in [0.29, 0.717) is 13.0 Å². The fourth-order valence-electron chi connectivity index (χ4n) is 0.538. The van der Waals surface area contributed by atoms with Crippen molar-refractivity contribution in [3.63, 3.8) is 0 Å². The lowest BCUT2D eigenvalue weighted by Crippen LogP contribution is -2.51. The molecule has 8 heteroatoms. The van der Waals surface area contributed by atoms with E-state index in [9.17, 15) is 22.4 Å². The van der Waals surface area contributed by atoms with Gasteiger partial charge in [-0.25, -0.2) is 0 Å². The SMILES string of the molecule is C=C/C(=N\F)C(C)(N(F)F)N(F)F. The Kier molecular flexibility index (Phi) is 3.95. The third-order valence-corrected chi connectivity index (χ3v) is 1.43. The fraction of sp³-hybridized carbons (Fsp3) is 0.400. The minimum Gasteiger partial charge on any atom is -0.0989 e. The molecule has 0 aliphatic carbocycles. The molecule has 76 valence electrons. The molecule has 0 fully saturated rings. The van der Waals surface area contributed by atoms with Crippen molar-refractivity contribution in [2.45, 2.75) is 12.6 Å². The van der Waals surface area contributed by atoms with E-state index in [1.54, 1.807) is 5.21 Å². The molecule has 0 saturated carbocycles. The van der Waals surface area contributed by atoms with Crippen molar-refractivity contribution in [3.8, 4) is 0 Å². The van der Waals surface area contributed by atoms with E-state index in [-0.39, 0.29) is 0 Å². The molecule has 0 radical (unpaired) electrons. The Labute approximate surface area is 70.4 Å². The van der Waals surface area contributed by atoms with Gasteiger partial charge in [0.2, 0.25) is 5.66 Å². The molecular weight excluding hydrogens is 197 g/mol. The summed E-state index contributed by atoms with van der Waals surface area (Å²) >= 11 is 0. The molecule has 0 saturated heterocycles. The second-order valence-corrected chi connectivity index (χ2v) is 2.16. The summed E-state index contributed by atoms with van der Waals surface area (Å²) < 4.78 is 59.6. The first-order valence-corrected chi connectivity index (χ1v) is 2.96. The van der Waals surface area contributed by atoms with Crippen LogP contribution in [0.2, 0.25) is 0 Å². The number of hydrogen-bond donors (Lipinski definition) is 0. The summed E-state index contributed by atoms with van der Waals surface area (Å²) in [6.07, 6.45) is 0.471. The zero-order chi connectivity index (χ0) is 10.6. The molecule has 0 aromatic heterocycles. The first-order chi connectivity index (χ1) is 5.91. The molecule has 0 aromatic rings. The minimum absolute atomic E-state index is 0.382. The van der Waals surface area contributed by atoms with Crippen LogP contribution >= 0.6 is 0 Å². The Hall–Kier alpha value is -1.02. The summed E-state index contributed by atoms with van der Waals surface area (Å²) in [7, 11) is 0. The number of nitrogens with zero attached hydrogens (tertiary/aromatic N) is 3. The molecule has 0 amide bonds. The molecule has 0 aliphatic rings. The van der Waals surface area contributed by atoms with Crippen molar-refractivity contribution in [1.29, 1.82) is 0 Å². The standard InChI is InChI=1S/C5H6F5N3/c1-3-4(11-6)5(2,12(7)8)13(9)10/h3H,1H2,2H3/b11-4+. The van der Waals surface area contributed by atoms with Crippen LogP contribution in [0.3, 0.4) is 0 Å². The summed E-state index contributed by atoms with van der Waals surface area (Å²) in [5.74, 6) is 0. The molecule has 13 heavy (non-hydrogen) atoms. The normalized spacial score (nSPS) is 14.0. The third-order valence-electron chi connectivity index (χ3n) is 1.43. The highest BCUT2D eigenvalue weighted by Crippen LogP contribution is 2.25. The Morgan fingerprint density at radius 3 is 1.77 bits per heavy atom. The molecular formula is C5H6F5N3. The van der Waals surface area contributed by atoms with Gasteiger partial charge in [0.05, 0.1) is 10.7 Å². The minimum atomic E-state index is -3.23. The van der Waals surface area contributed by atoms with Gasteiger partial charge in [-0.05, 0) is 13.0 Å². The monoisotopic (exact) mass is 203 g/mol. The van der Waals surface area contributed by atoms with Crippen LogP contribution in [-0.2, 0) is 0 Å². The van der Waals surface area contributed by atoms with Crippen molar-refractivity contribution in [3.05, 3.63) is 12.7 Å². The number of rotatable bonds is 4. The van der Waals surface area contributed by atoms with E-state index in [1.165, 1.54) is 0 Å². The maximum absolute atomic E-state index is 12.0. The Bertz CT molecular complexity index is 206. The highest BCUT2D eigenvalue weighted by molar-refractivity contribution is 6.00. The summed E-state index contributed by atoms with van der Waals surface area (Å²) in [5.41, 5.74) is -4.42. The predicted octanol–water partition coefficient (Wildman–Crippen LogP) is 2.36. The van der Waals surface area contributed by atoms with Crippen LogP contribution in [0.1, 0.15) is 6.92 Å². The van der Waals surface area contributed by atoms with Gasteiger partial charge < -0.3 is 0 Å². The Balaban J connectivity index is 5.11. The van der Waals surface area contributed by atoms with Gasteiger partial charge in [-0.2, -0.15) is 0 Å². The molecule has 0 N–H and O–H groups in total. The van der Waals surface area contributed by atoms with Crippen LogP contribution in [0, 0.1) is 0 Å². The maximum atomic E-state index is 12.0. The topological polar surface area (TPSA) is 18.8 Å². The van der Waals surface area contributed by atoms with E-state index in [4.69, 9.17) is 0 Å². The molecule has 0 aromatic carbocycles. The molecule has 0 aliphatic heterocycles. The average molecular weight is 203 g/mol. The van der Waals surface area contributed by atoms with Crippen LogP contribution in [0.5, 0.6) is 0 Å². The molecule has 0 unspecified atom stereocenters. The molecule has 0 bridgehead atoms. The van der Waals surface area contributed by atoms with Gasteiger partial charge in [-0.1, -0.05) is 34.2 Å². The predicted molar refractivity (Wildman–Crippen MR) is 35.3 cm³/mol. The lowest BCUT2D eigenvalue weighted by Gasteiger charge is -2.27. The Morgan fingerprint density at radius 1 is 1.31 bits per heavy atom. The first-order valence-electron chi connectivity index (χ1n) is 2.96. The van der Waals surface area contributed by atoms with Gasteiger partial charge >= 0.3 is 0 Å². The zero-order valence-corrected chi connectivity index (χ0v) is 6.52. The molecule has 0 heterocycles. The van der Waals surface area contributed by atoms with E-state index in [1.807, 2.05) is 0 Å². The molecule has 0 atom stereocenters. The van der Waals surface area contributed by atoms with Gasteiger partial charge in [0.15, 0.2) is 0 Å². The maximum Gasteiger partial charge on any atom is 0.237 e. The van der Waals surface area contributed by atoms with Crippen molar-refractivity contribution < 1.29 is 22.4 Å². The van der Waals surface area contributed by atoms with Crippen molar-refractivity contribution >= 4 is 5.71 Å². The van der Waals surface area contributed by atoms with E-state index < -0.39 is 22.1 Å². The van der Waals surface area contributed by atoms with Gasteiger partial charge in [0.1, 0.15) is 5.71 Å². The third kappa shape index (κ3) is 2.01. The smallest absolute Gasteiger partial charge is 0.0989 e. The van der Waals surface area contributed by atoms with Crippen molar-refractivity contribution in [2.75, 3.05) is 0 Å². The van der Waals surface area contributed by atoms with Crippen molar-refractivity contribution in [1.82, 2.24) is 10.7 Å². The van der Waals surface area contributed by atoms with E-state index in [0.717, 1.165) is 0 Å². The molecule has 0 rings (SSSR count). The highest BCUT2D eigenvalue weighted by Gasteiger charge is 2.47. The summed E-state index contributed by atoms with van der Waals surface area (Å²) in [5, 5.41) is -1.96. The quantitative estimate of drug-likeness (QED) is 0.302. The van der Waals surface area contributed by atoms with Crippen LogP contribution in [-0.4, -0.2) is 22.1 Å². The van der Waals surface area contributed by atoms with Gasteiger partial charge in [-0.3, -0.25) is 0 Å². The highest BCUT2D eigenvalue weighted by atomic mass is 19.4. The van der Waals surface area contributed by atoms with Crippen molar-refractivity contribution in [2.24, 2.45) is 5.21 Å². The first kappa shape index (κ1) is 12.0. The second-order valence-electron chi connectivity index (χ2n) is 2.16. The largest absolute Gasteiger partial charge is 0.237 e. The Morgan fingerprint density at radius 2 is 1.69 bits per heavy atom. The van der Waals surface area contributed by atoms with Crippen LogP contribution < -0.4 is 0 Å². The molecule has 3 nitrogen and oxygen atoms in total. The number of hydrogen-bond acceptors (Lipinski definition) is 3. The van der Waals surface area contributed by atoms with Crippen LogP contribution in [0.25, 0.3) is 0 Å². The van der Waals surface area contributed by atoms with Gasteiger partial charge in [0, 0.05) is 0 Å². The van der Waals surface area contributed by atoms with Gasteiger partial charge in [0.25, 0.3) is 0 Å². The fourth-order valence-corrected chi connectivity index (χ4v) is 0.538. The van der Waals surface area contributed by atoms with Crippen LogP contribution in [0.15, 0.2) is 17.9 Å². The van der Waals surface area contributed by atoms with Crippen LogP contribution in [0.4, 0.5) is 22.4 Å². The average Bonchev–Trinajstić information content (AvgIpc) is 2.05. The summed E-state index contributed by atoms with van der Waals surface area (Å²) in [4.78, 5) is 0. The summed E-state index contributed by atoms with van der Waals surface area (Å²) in [6, 6.07) is 0. The molecule has 0 spiro atoms. The van der Waals surface area contributed by atoms with E-state index in [2.05, 4.69) is 6.58 Å². The number of halogens is 5.